The van der Waals surface area contributed by atoms with Gasteiger partial charge in [0.15, 0.2) is 0 Å². The van der Waals surface area contributed by atoms with Crippen molar-refractivity contribution < 1.29 is 14.3 Å². The molecule has 0 aliphatic carbocycles. The van der Waals surface area contributed by atoms with Crippen LogP contribution in [0.15, 0.2) is 84.9 Å². The van der Waals surface area contributed by atoms with Crippen molar-refractivity contribution in [2.45, 2.75) is 38.1 Å². The molecule has 0 amide bonds. The summed E-state index contributed by atoms with van der Waals surface area (Å²) in [6, 6.07) is 29.9. The Balaban J connectivity index is 1.66. The largest absolute Gasteiger partial charge is 0.497 e. The van der Waals surface area contributed by atoms with Crippen LogP contribution in [0.1, 0.15) is 23.1 Å². The van der Waals surface area contributed by atoms with E-state index in [1.54, 1.807) is 7.11 Å². The first-order valence-corrected chi connectivity index (χ1v) is 10.4. The highest BCUT2D eigenvalue weighted by Gasteiger charge is 2.47. The van der Waals surface area contributed by atoms with Gasteiger partial charge in [-0.05, 0) is 17.7 Å². The van der Waals surface area contributed by atoms with Crippen molar-refractivity contribution in [2.75, 3.05) is 13.7 Å². The van der Waals surface area contributed by atoms with Gasteiger partial charge in [-0.2, -0.15) is 0 Å². The van der Waals surface area contributed by atoms with Crippen LogP contribution < -0.4 is 4.74 Å². The van der Waals surface area contributed by atoms with Gasteiger partial charge in [-0.25, -0.2) is 0 Å². The van der Waals surface area contributed by atoms with Gasteiger partial charge < -0.3 is 14.3 Å². The minimum absolute atomic E-state index is 0.170. The van der Waals surface area contributed by atoms with Crippen molar-refractivity contribution in [3.8, 4) is 5.75 Å². The summed E-state index contributed by atoms with van der Waals surface area (Å²) in [6.07, 6.45) is 1.43. The first-order valence-electron chi connectivity index (χ1n) is 10.4. The molecule has 1 aliphatic rings. The number of methoxy groups -OCH3 is 1. The third-order valence-corrected chi connectivity index (χ3v) is 6.30. The zero-order chi connectivity index (χ0) is 20.1. The highest BCUT2D eigenvalue weighted by molar-refractivity contribution is 5.28. The van der Waals surface area contributed by atoms with Crippen molar-refractivity contribution in [3.05, 3.63) is 102 Å². The molecule has 0 saturated carbocycles. The molecular weight excluding hydrogens is 358 g/mol. The Morgan fingerprint density at radius 2 is 1.34 bits per heavy atom. The van der Waals surface area contributed by atoms with Gasteiger partial charge in [0.05, 0.1) is 13.7 Å². The van der Waals surface area contributed by atoms with E-state index in [2.05, 4.69) is 72.8 Å². The Kier molecular flexibility index (Phi) is 5.98. The van der Waals surface area contributed by atoms with Crippen LogP contribution in [0.5, 0.6) is 5.75 Å². The summed E-state index contributed by atoms with van der Waals surface area (Å²) in [5, 5.41) is 11.0. The van der Waals surface area contributed by atoms with Gasteiger partial charge in [0.1, 0.15) is 31.0 Å². The van der Waals surface area contributed by atoms with Crippen LogP contribution in [-0.4, -0.2) is 35.4 Å². The number of hydrogen-bond donors (Lipinski definition) is 1. The van der Waals surface area contributed by atoms with Crippen LogP contribution in [0, 0.1) is 0 Å². The van der Waals surface area contributed by atoms with E-state index < -0.39 is 0 Å². The van der Waals surface area contributed by atoms with E-state index in [0.717, 1.165) is 42.7 Å². The fourth-order valence-electron chi connectivity index (χ4n) is 4.79. The molecule has 0 spiro atoms. The smallest absolute Gasteiger partial charge is 0.120 e. The molecule has 1 heterocycles. The lowest BCUT2D eigenvalue weighted by Crippen LogP contribution is -2.53. The molecule has 1 saturated heterocycles. The van der Waals surface area contributed by atoms with E-state index in [-0.39, 0.29) is 12.1 Å². The predicted molar refractivity (Wildman–Crippen MR) is 117 cm³/mol. The van der Waals surface area contributed by atoms with Crippen LogP contribution in [-0.2, 0) is 19.5 Å². The van der Waals surface area contributed by atoms with Gasteiger partial charge in [0, 0.05) is 24.0 Å². The molecule has 3 aromatic rings. The summed E-state index contributed by atoms with van der Waals surface area (Å²) < 4.78 is 6.20. The SMILES string of the molecule is COc1ccc(C[C@@H]2[C@H](O)CC[N+]2(Cc2ccccc2)Cc2ccccc2)cc1. The molecule has 3 aromatic carbocycles. The molecule has 3 nitrogen and oxygen atoms in total. The second kappa shape index (κ2) is 8.81. The van der Waals surface area contributed by atoms with Crippen molar-refractivity contribution in [1.29, 1.82) is 0 Å². The Hall–Kier alpha value is -2.62. The van der Waals surface area contributed by atoms with Gasteiger partial charge >= 0.3 is 0 Å². The lowest BCUT2D eigenvalue weighted by molar-refractivity contribution is -0.965. The fraction of sp³-hybridized carbons (Fsp3) is 0.308. The number of nitrogens with zero attached hydrogens (tertiary/aromatic N) is 1. The average molecular weight is 389 g/mol. The summed E-state index contributed by atoms with van der Waals surface area (Å²) in [5.41, 5.74) is 3.91. The summed E-state index contributed by atoms with van der Waals surface area (Å²) in [5.74, 6) is 0.870. The number of aliphatic hydroxyl groups is 1. The lowest BCUT2D eigenvalue weighted by Gasteiger charge is -2.41. The average Bonchev–Trinajstić information content (AvgIpc) is 3.05. The standard InChI is InChI=1S/C26H30NO2/c1-29-24-14-12-21(13-15-24)18-25-26(28)16-17-27(25,19-22-8-4-2-5-9-22)20-23-10-6-3-7-11-23/h2-15,25-26,28H,16-20H2,1H3/q+1/t25-,26-/m1/s1. The molecule has 3 heteroatoms. The van der Waals surface area contributed by atoms with Gasteiger partial charge in [0.2, 0.25) is 0 Å². The minimum Gasteiger partial charge on any atom is -0.497 e. The zero-order valence-corrected chi connectivity index (χ0v) is 17.1. The second-order valence-corrected chi connectivity index (χ2v) is 8.21. The van der Waals surface area contributed by atoms with E-state index in [1.165, 1.54) is 16.7 Å². The van der Waals surface area contributed by atoms with Crippen molar-refractivity contribution in [1.82, 2.24) is 0 Å². The molecule has 1 N–H and O–H groups in total. The number of ether oxygens (including phenoxy) is 1. The van der Waals surface area contributed by atoms with Crippen LogP contribution in [0.25, 0.3) is 0 Å². The number of hydrogen-bond acceptors (Lipinski definition) is 2. The summed E-state index contributed by atoms with van der Waals surface area (Å²) in [6.45, 7) is 2.87. The number of quaternary nitrogens is 1. The molecule has 0 radical (unpaired) electrons. The van der Waals surface area contributed by atoms with Crippen LogP contribution in [0.3, 0.4) is 0 Å². The monoisotopic (exact) mass is 388 g/mol. The van der Waals surface area contributed by atoms with Gasteiger partial charge in [-0.3, -0.25) is 0 Å². The van der Waals surface area contributed by atoms with E-state index >= 15 is 0 Å². The highest BCUT2D eigenvalue weighted by atomic mass is 16.5. The molecule has 0 aromatic heterocycles. The summed E-state index contributed by atoms with van der Waals surface area (Å²) >= 11 is 0. The van der Waals surface area contributed by atoms with E-state index in [1.807, 2.05) is 12.1 Å². The Morgan fingerprint density at radius 3 is 1.86 bits per heavy atom. The van der Waals surface area contributed by atoms with Gasteiger partial charge in [-0.15, -0.1) is 0 Å². The maximum Gasteiger partial charge on any atom is 0.120 e. The molecular formula is C26H30NO2+. The normalized spacial score (nSPS) is 20.5. The molecule has 1 fully saturated rings. The molecule has 150 valence electrons. The molecule has 0 unspecified atom stereocenters. The lowest BCUT2D eigenvalue weighted by atomic mass is 9.98. The van der Waals surface area contributed by atoms with Crippen molar-refractivity contribution in [3.63, 3.8) is 0 Å². The quantitative estimate of drug-likeness (QED) is 0.600. The number of likely N-dealkylation sites (tertiary alicyclic amines) is 1. The first kappa shape index (κ1) is 19.7. The molecule has 1 aliphatic heterocycles. The minimum atomic E-state index is -0.287. The molecule has 29 heavy (non-hydrogen) atoms. The third-order valence-electron chi connectivity index (χ3n) is 6.30. The highest BCUT2D eigenvalue weighted by Crippen LogP contribution is 2.35. The van der Waals surface area contributed by atoms with E-state index in [4.69, 9.17) is 4.74 Å². The summed E-state index contributed by atoms with van der Waals surface area (Å²) in [7, 11) is 1.69. The predicted octanol–water partition coefficient (Wildman–Crippen LogP) is 4.59. The maximum atomic E-state index is 11.0. The number of aliphatic hydroxyl groups excluding tert-OH is 1. The van der Waals surface area contributed by atoms with Crippen LogP contribution >= 0.6 is 0 Å². The van der Waals surface area contributed by atoms with Crippen molar-refractivity contribution in [2.24, 2.45) is 0 Å². The zero-order valence-electron chi connectivity index (χ0n) is 17.1. The molecule has 4 rings (SSSR count). The Bertz CT molecular complexity index is 852. The van der Waals surface area contributed by atoms with Gasteiger partial charge in [0.25, 0.3) is 0 Å². The third kappa shape index (κ3) is 4.52. The Morgan fingerprint density at radius 1 is 0.793 bits per heavy atom. The molecule has 2 atom stereocenters. The summed E-state index contributed by atoms with van der Waals surface area (Å²) in [4.78, 5) is 0. The fourth-order valence-corrected chi connectivity index (χ4v) is 4.79. The van der Waals surface area contributed by atoms with E-state index in [0.29, 0.717) is 0 Å². The number of rotatable bonds is 7. The van der Waals surface area contributed by atoms with Crippen molar-refractivity contribution >= 4 is 0 Å². The van der Waals surface area contributed by atoms with Crippen LogP contribution in [0.4, 0.5) is 0 Å². The van der Waals surface area contributed by atoms with E-state index in [9.17, 15) is 5.11 Å². The topological polar surface area (TPSA) is 29.5 Å². The maximum absolute atomic E-state index is 11.0. The number of benzene rings is 3. The Labute approximate surface area is 173 Å². The second-order valence-electron chi connectivity index (χ2n) is 8.21. The van der Waals surface area contributed by atoms with Crippen LogP contribution in [0.2, 0.25) is 0 Å². The first-order chi connectivity index (χ1) is 14.2. The molecule has 0 bridgehead atoms. The van der Waals surface area contributed by atoms with Gasteiger partial charge in [-0.1, -0.05) is 72.8 Å².